The fraction of sp³-hybridized carbons (Fsp3) is 0.533. The molecule has 2 fully saturated rings. The first kappa shape index (κ1) is 11.7. The summed E-state index contributed by atoms with van der Waals surface area (Å²) in [5, 5.41) is 8.85. The van der Waals surface area contributed by atoms with E-state index in [9.17, 15) is 4.39 Å². The Balaban J connectivity index is 1.70. The van der Waals surface area contributed by atoms with Crippen LogP contribution in [-0.2, 0) is 6.54 Å². The highest BCUT2D eigenvalue weighted by molar-refractivity contribution is 5.33. The molecule has 0 amide bonds. The minimum atomic E-state index is -0.302. The highest BCUT2D eigenvalue weighted by atomic mass is 19.1. The number of hydrogen-bond acceptors (Lipinski definition) is 2. The van der Waals surface area contributed by atoms with Crippen molar-refractivity contribution in [2.75, 3.05) is 13.1 Å². The second kappa shape index (κ2) is 4.70. The van der Waals surface area contributed by atoms with E-state index in [1.54, 1.807) is 12.1 Å². The molecule has 94 valence electrons. The second-order valence-electron chi connectivity index (χ2n) is 5.61. The van der Waals surface area contributed by atoms with Gasteiger partial charge in [-0.15, -0.1) is 0 Å². The van der Waals surface area contributed by atoms with Crippen molar-refractivity contribution in [1.82, 2.24) is 4.90 Å². The predicted octanol–water partition coefficient (Wildman–Crippen LogP) is 2.93. The number of nitriles is 1. The largest absolute Gasteiger partial charge is 0.299 e. The average molecular weight is 244 g/mol. The summed E-state index contributed by atoms with van der Waals surface area (Å²) in [6, 6.07) is 6.66. The van der Waals surface area contributed by atoms with E-state index < -0.39 is 0 Å². The van der Waals surface area contributed by atoms with Crippen LogP contribution in [0.3, 0.4) is 0 Å². The van der Waals surface area contributed by atoms with Gasteiger partial charge in [0, 0.05) is 19.6 Å². The fourth-order valence-electron chi connectivity index (χ4n) is 3.53. The summed E-state index contributed by atoms with van der Waals surface area (Å²) in [7, 11) is 0. The standard InChI is InChI=1S/C15H17FN2/c16-15-5-11(7-17)4-12(6-15)8-18-9-13-2-1-3-14(13)10-18/h4-6,13-14H,1-3,8-10H2. The second-order valence-corrected chi connectivity index (χ2v) is 5.61. The van der Waals surface area contributed by atoms with Crippen LogP contribution in [0.2, 0.25) is 0 Å². The zero-order chi connectivity index (χ0) is 12.5. The first-order chi connectivity index (χ1) is 8.74. The van der Waals surface area contributed by atoms with Gasteiger partial charge in [-0.05, 0) is 48.4 Å². The molecule has 0 bridgehead atoms. The van der Waals surface area contributed by atoms with Crippen molar-refractivity contribution in [3.8, 4) is 6.07 Å². The van der Waals surface area contributed by atoms with Gasteiger partial charge in [-0.25, -0.2) is 4.39 Å². The van der Waals surface area contributed by atoms with E-state index in [0.29, 0.717) is 5.56 Å². The van der Waals surface area contributed by atoms with Gasteiger partial charge >= 0.3 is 0 Å². The lowest BCUT2D eigenvalue weighted by molar-refractivity contribution is 0.303. The molecule has 2 nitrogen and oxygen atoms in total. The van der Waals surface area contributed by atoms with E-state index in [1.165, 1.54) is 25.3 Å². The molecule has 1 aliphatic carbocycles. The van der Waals surface area contributed by atoms with E-state index in [2.05, 4.69) is 4.90 Å². The minimum absolute atomic E-state index is 0.302. The number of rotatable bonds is 2. The highest BCUT2D eigenvalue weighted by Crippen LogP contribution is 2.38. The molecular weight excluding hydrogens is 227 g/mol. The Bertz CT molecular complexity index is 480. The Morgan fingerprint density at radius 3 is 2.61 bits per heavy atom. The summed E-state index contributed by atoms with van der Waals surface area (Å²) >= 11 is 0. The number of likely N-dealkylation sites (tertiary alicyclic amines) is 1. The maximum absolute atomic E-state index is 13.3. The van der Waals surface area contributed by atoms with Crippen LogP contribution in [0.25, 0.3) is 0 Å². The number of hydrogen-bond donors (Lipinski definition) is 0. The van der Waals surface area contributed by atoms with Gasteiger partial charge in [0.2, 0.25) is 0 Å². The molecule has 2 unspecified atom stereocenters. The molecule has 0 radical (unpaired) electrons. The minimum Gasteiger partial charge on any atom is -0.299 e. The smallest absolute Gasteiger partial charge is 0.124 e. The molecule has 1 saturated carbocycles. The lowest BCUT2D eigenvalue weighted by atomic mass is 10.0. The van der Waals surface area contributed by atoms with Crippen LogP contribution in [-0.4, -0.2) is 18.0 Å². The third-order valence-corrected chi connectivity index (χ3v) is 4.29. The van der Waals surface area contributed by atoms with E-state index in [-0.39, 0.29) is 5.82 Å². The number of halogens is 1. The molecule has 1 aromatic rings. The summed E-state index contributed by atoms with van der Waals surface area (Å²) in [5.41, 5.74) is 1.34. The van der Waals surface area contributed by atoms with Gasteiger partial charge in [-0.3, -0.25) is 4.90 Å². The molecule has 1 saturated heterocycles. The van der Waals surface area contributed by atoms with Crippen molar-refractivity contribution in [2.24, 2.45) is 11.8 Å². The van der Waals surface area contributed by atoms with Crippen LogP contribution in [0.5, 0.6) is 0 Å². The first-order valence-corrected chi connectivity index (χ1v) is 6.66. The molecule has 3 heteroatoms. The molecule has 1 aromatic carbocycles. The maximum Gasteiger partial charge on any atom is 0.124 e. The molecule has 2 aliphatic rings. The lowest BCUT2D eigenvalue weighted by Gasteiger charge is -2.16. The van der Waals surface area contributed by atoms with Crippen LogP contribution in [0, 0.1) is 29.0 Å². The monoisotopic (exact) mass is 244 g/mol. The van der Waals surface area contributed by atoms with Gasteiger partial charge in [0.25, 0.3) is 0 Å². The summed E-state index contributed by atoms with van der Waals surface area (Å²) in [6.45, 7) is 3.06. The highest BCUT2D eigenvalue weighted by Gasteiger charge is 2.35. The van der Waals surface area contributed by atoms with Gasteiger partial charge in [-0.1, -0.05) is 6.42 Å². The molecule has 18 heavy (non-hydrogen) atoms. The third kappa shape index (κ3) is 2.26. The Morgan fingerprint density at radius 2 is 1.94 bits per heavy atom. The Morgan fingerprint density at radius 1 is 1.22 bits per heavy atom. The van der Waals surface area contributed by atoms with Gasteiger partial charge in [-0.2, -0.15) is 5.26 Å². The van der Waals surface area contributed by atoms with Crippen molar-refractivity contribution in [3.05, 3.63) is 35.1 Å². The van der Waals surface area contributed by atoms with Crippen LogP contribution in [0.1, 0.15) is 30.4 Å². The summed E-state index contributed by atoms with van der Waals surface area (Å²) in [6.07, 6.45) is 4.09. The third-order valence-electron chi connectivity index (χ3n) is 4.29. The Hall–Kier alpha value is -1.40. The molecule has 1 aliphatic heterocycles. The van der Waals surface area contributed by atoms with E-state index in [0.717, 1.165) is 37.0 Å². The summed E-state index contributed by atoms with van der Waals surface area (Å²) in [5.74, 6) is 1.41. The van der Waals surface area contributed by atoms with Crippen LogP contribution >= 0.6 is 0 Å². The molecular formula is C15H17FN2. The maximum atomic E-state index is 13.3. The van der Waals surface area contributed by atoms with Crippen LogP contribution in [0.15, 0.2) is 18.2 Å². The van der Waals surface area contributed by atoms with Crippen LogP contribution in [0.4, 0.5) is 4.39 Å². The van der Waals surface area contributed by atoms with Crippen molar-refractivity contribution in [1.29, 1.82) is 5.26 Å². The zero-order valence-electron chi connectivity index (χ0n) is 10.4. The van der Waals surface area contributed by atoms with Crippen molar-refractivity contribution >= 4 is 0 Å². The lowest BCUT2D eigenvalue weighted by Crippen LogP contribution is -2.21. The zero-order valence-corrected chi connectivity index (χ0v) is 10.4. The summed E-state index contributed by atoms with van der Waals surface area (Å²) in [4.78, 5) is 2.41. The number of benzene rings is 1. The average Bonchev–Trinajstić information content (AvgIpc) is 2.88. The van der Waals surface area contributed by atoms with E-state index in [1.807, 2.05) is 6.07 Å². The van der Waals surface area contributed by atoms with Gasteiger partial charge < -0.3 is 0 Å². The number of nitrogens with zero attached hydrogens (tertiary/aromatic N) is 2. The Labute approximate surface area is 107 Å². The molecule has 0 spiro atoms. The SMILES string of the molecule is N#Cc1cc(F)cc(CN2CC3CCCC3C2)c1. The normalized spacial score (nSPS) is 27.1. The first-order valence-electron chi connectivity index (χ1n) is 6.66. The molecule has 1 heterocycles. The molecule has 0 N–H and O–H groups in total. The Kier molecular flexibility index (Phi) is 3.05. The fourth-order valence-corrected chi connectivity index (χ4v) is 3.53. The van der Waals surface area contributed by atoms with Gasteiger partial charge in [0.1, 0.15) is 5.82 Å². The van der Waals surface area contributed by atoms with Gasteiger partial charge in [0.15, 0.2) is 0 Å². The molecule has 3 rings (SSSR count). The van der Waals surface area contributed by atoms with Crippen LogP contribution < -0.4 is 0 Å². The molecule has 2 atom stereocenters. The van der Waals surface area contributed by atoms with Gasteiger partial charge in [0.05, 0.1) is 11.6 Å². The van der Waals surface area contributed by atoms with E-state index >= 15 is 0 Å². The predicted molar refractivity (Wildman–Crippen MR) is 67.2 cm³/mol. The van der Waals surface area contributed by atoms with Crippen molar-refractivity contribution in [3.63, 3.8) is 0 Å². The van der Waals surface area contributed by atoms with E-state index in [4.69, 9.17) is 5.26 Å². The number of fused-ring (bicyclic) bond motifs is 1. The topological polar surface area (TPSA) is 27.0 Å². The quantitative estimate of drug-likeness (QED) is 0.799. The van der Waals surface area contributed by atoms with Crippen molar-refractivity contribution < 1.29 is 4.39 Å². The summed E-state index contributed by atoms with van der Waals surface area (Å²) < 4.78 is 13.3. The van der Waals surface area contributed by atoms with Crippen molar-refractivity contribution in [2.45, 2.75) is 25.8 Å². The molecule has 0 aromatic heterocycles.